The molecule has 0 bridgehead atoms. The lowest BCUT2D eigenvalue weighted by molar-refractivity contribution is -0.133. The maximum Gasteiger partial charge on any atom is 0.291 e. The molecule has 1 aliphatic heterocycles. The number of hydrogen-bond acceptors (Lipinski definition) is 5. The molecule has 0 N–H and O–H groups in total. The van der Waals surface area contributed by atoms with E-state index in [4.69, 9.17) is 20.8 Å². The summed E-state index contributed by atoms with van der Waals surface area (Å²) in [7, 11) is 1.79. The normalized spacial score (nSPS) is 18.1. The van der Waals surface area contributed by atoms with Gasteiger partial charge in [0.05, 0.1) is 6.20 Å². The number of nitrogens with zero attached hydrogens (tertiary/aromatic N) is 3. The van der Waals surface area contributed by atoms with Gasteiger partial charge in [0.2, 0.25) is 11.7 Å². The molecule has 172 valence electrons. The van der Waals surface area contributed by atoms with Crippen molar-refractivity contribution in [1.82, 2.24) is 14.8 Å². The average molecular weight is 468 g/mol. The molecule has 0 spiro atoms. The lowest BCUT2D eigenvalue weighted by atomic mass is 9.90. The summed E-state index contributed by atoms with van der Waals surface area (Å²) >= 11 is 6.11. The molecule has 4 rings (SSSR count). The van der Waals surface area contributed by atoms with E-state index in [1.807, 2.05) is 42.5 Å². The number of carbonyl (C=O) groups is 2. The summed E-state index contributed by atoms with van der Waals surface area (Å²) in [4.78, 5) is 33.2. The number of oxazole rings is 1. The van der Waals surface area contributed by atoms with Gasteiger partial charge >= 0.3 is 0 Å². The van der Waals surface area contributed by atoms with Gasteiger partial charge in [-0.05, 0) is 23.8 Å². The van der Waals surface area contributed by atoms with Gasteiger partial charge in [0.15, 0.2) is 6.39 Å². The number of aromatic nitrogens is 1. The van der Waals surface area contributed by atoms with Crippen molar-refractivity contribution in [3.05, 3.63) is 83.5 Å². The number of amides is 2. The van der Waals surface area contributed by atoms with Crippen LogP contribution in [0.3, 0.4) is 0 Å². The van der Waals surface area contributed by atoms with Crippen LogP contribution < -0.4 is 4.74 Å². The van der Waals surface area contributed by atoms with Crippen molar-refractivity contribution >= 4 is 23.4 Å². The summed E-state index contributed by atoms with van der Waals surface area (Å²) in [5.74, 6) is 0.421. The van der Waals surface area contributed by atoms with E-state index in [-0.39, 0.29) is 36.0 Å². The fourth-order valence-electron chi connectivity index (χ4n) is 4.06. The van der Waals surface area contributed by atoms with E-state index >= 15 is 0 Å². The molecule has 0 saturated carbocycles. The van der Waals surface area contributed by atoms with Crippen molar-refractivity contribution in [2.24, 2.45) is 5.92 Å². The van der Waals surface area contributed by atoms with Gasteiger partial charge in [0.25, 0.3) is 5.91 Å². The summed E-state index contributed by atoms with van der Waals surface area (Å²) in [5.41, 5.74) is 1.06. The largest absolute Gasteiger partial charge is 0.490 e. The van der Waals surface area contributed by atoms with Gasteiger partial charge in [0.1, 0.15) is 11.9 Å². The fourth-order valence-corrected chi connectivity index (χ4v) is 4.24. The lowest BCUT2D eigenvalue weighted by Crippen LogP contribution is -2.49. The topological polar surface area (TPSA) is 75.9 Å². The molecule has 0 radical (unpaired) electrons. The van der Waals surface area contributed by atoms with Gasteiger partial charge in [-0.3, -0.25) is 9.59 Å². The van der Waals surface area contributed by atoms with Crippen LogP contribution >= 0.6 is 11.6 Å². The van der Waals surface area contributed by atoms with Gasteiger partial charge < -0.3 is 19.0 Å². The van der Waals surface area contributed by atoms with Gasteiger partial charge in [-0.2, -0.15) is 0 Å². The highest BCUT2D eigenvalue weighted by molar-refractivity contribution is 6.30. The predicted molar refractivity (Wildman–Crippen MR) is 124 cm³/mol. The van der Waals surface area contributed by atoms with Crippen molar-refractivity contribution < 1.29 is 18.7 Å². The number of piperidine rings is 1. The Labute approximate surface area is 197 Å². The molecule has 2 atom stereocenters. The number of halogens is 1. The van der Waals surface area contributed by atoms with Crippen LogP contribution in [0.4, 0.5) is 0 Å². The summed E-state index contributed by atoms with van der Waals surface area (Å²) in [6, 6.07) is 17.1. The van der Waals surface area contributed by atoms with Crippen molar-refractivity contribution in [1.29, 1.82) is 0 Å². The minimum atomic E-state index is -0.233. The van der Waals surface area contributed by atoms with E-state index in [9.17, 15) is 9.59 Å². The van der Waals surface area contributed by atoms with Crippen LogP contribution in [0, 0.1) is 5.92 Å². The predicted octanol–water partition coefficient (Wildman–Crippen LogP) is 4.29. The Morgan fingerprint density at radius 1 is 1.21 bits per heavy atom. The Kier molecular flexibility index (Phi) is 7.29. The molecular weight excluding hydrogens is 442 g/mol. The van der Waals surface area contributed by atoms with E-state index in [0.717, 1.165) is 5.56 Å². The molecule has 7 nitrogen and oxygen atoms in total. The quantitative estimate of drug-likeness (QED) is 0.518. The van der Waals surface area contributed by atoms with E-state index in [1.54, 1.807) is 29.0 Å². The van der Waals surface area contributed by atoms with E-state index in [0.29, 0.717) is 36.8 Å². The second kappa shape index (κ2) is 10.5. The zero-order chi connectivity index (χ0) is 23.2. The molecule has 1 saturated heterocycles. The standard InChI is InChI=1S/C25H26ClN3O4/c1-28(15-18-6-3-2-4-7-18)24(30)12-19-16-29(25(31)23-14-27-17-32-23)11-10-22(19)33-21-9-5-8-20(26)13-21/h2-9,13-14,17,19,22H,10-12,15-16H2,1H3/t19-,22-/m0/s1. The number of likely N-dealkylation sites (tertiary alicyclic amines) is 1. The molecule has 2 amide bonds. The maximum absolute atomic E-state index is 13.1. The van der Waals surface area contributed by atoms with Crippen molar-refractivity contribution in [3.8, 4) is 5.75 Å². The Bertz CT molecular complexity index is 1070. The molecule has 0 unspecified atom stereocenters. The smallest absolute Gasteiger partial charge is 0.291 e. The SMILES string of the molecule is CN(Cc1ccccc1)C(=O)C[C@H]1CN(C(=O)c2cnco2)CC[C@@H]1Oc1cccc(Cl)c1. The minimum absolute atomic E-state index is 0.00230. The first-order valence-electron chi connectivity index (χ1n) is 10.9. The highest BCUT2D eigenvalue weighted by Crippen LogP contribution is 2.28. The van der Waals surface area contributed by atoms with Crippen molar-refractivity contribution in [2.75, 3.05) is 20.1 Å². The van der Waals surface area contributed by atoms with Crippen LogP contribution in [-0.2, 0) is 11.3 Å². The Morgan fingerprint density at radius 2 is 2.03 bits per heavy atom. The molecule has 3 aromatic rings. The molecule has 1 aromatic heterocycles. The second-order valence-corrected chi connectivity index (χ2v) is 8.66. The third-order valence-corrected chi connectivity index (χ3v) is 6.04. The first-order valence-corrected chi connectivity index (χ1v) is 11.3. The Balaban J connectivity index is 1.47. The molecule has 8 heteroatoms. The number of ether oxygens (including phenoxy) is 1. The Morgan fingerprint density at radius 3 is 2.76 bits per heavy atom. The summed E-state index contributed by atoms with van der Waals surface area (Å²) in [6.45, 7) is 1.40. The molecular formula is C25H26ClN3O4. The van der Waals surface area contributed by atoms with Crippen LogP contribution in [0.1, 0.15) is 29.0 Å². The fraction of sp³-hybridized carbons (Fsp3) is 0.320. The summed E-state index contributed by atoms with van der Waals surface area (Å²) < 4.78 is 11.4. The second-order valence-electron chi connectivity index (χ2n) is 8.22. The van der Waals surface area contributed by atoms with Gasteiger partial charge in [0, 0.05) is 50.5 Å². The highest BCUT2D eigenvalue weighted by atomic mass is 35.5. The first-order chi connectivity index (χ1) is 16.0. The maximum atomic E-state index is 13.1. The van der Waals surface area contributed by atoms with Gasteiger partial charge in [-0.1, -0.05) is 48.0 Å². The third-order valence-electron chi connectivity index (χ3n) is 5.80. The monoisotopic (exact) mass is 467 g/mol. The van der Waals surface area contributed by atoms with Gasteiger partial charge in [-0.15, -0.1) is 0 Å². The number of rotatable bonds is 7. The summed E-state index contributed by atoms with van der Waals surface area (Å²) in [6.07, 6.45) is 3.27. The molecule has 33 heavy (non-hydrogen) atoms. The lowest BCUT2D eigenvalue weighted by Gasteiger charge is -2.38. The summed E-state index contributed by atoms with van der Waals surface area (Å²) in [5, 5.41) is 0.584. The van der Waals surface area contributed by atoms with Crippen molar-refractivity contribution in [2.45, 2.75) is 25.5 Å². The number of carbonyl (C=O) groups excluding carboxylic acids is 2. The Hall–Kier alpha value is -3.32. The molecule has 2 heterocycles. The zero-order valence-electron chi connectivity index (χ0n) is 18.4. The molecule has 1 aliphatic rings. The van der Waals surface area contributed by atoms with E-state index < -0.39 is 0 Å². The van der Waals surface area contributed by atoms with E-state index in [1.165, 1.54) is 12.6 Å². The zero-order valence-corrected chi connectivity index (χ0v) is 19.1. The van der Waals surface area contributed by atoms with Crippen LogP contribution in [-0.4, -0.2) is 52.8 Å². The van der Waals surface area contributed by atoms with E-state index in [2.05, 4.69) is 4.98 Å². The first kappa shape index (κ1) is 22.9. The van der Waals surface area contributed by atoms with Gasteiger partial charge in [-0.25, -0.2) is 4.98 Å². The van der Waals surface area contributed by atoms with Crippen molar-refractivity contribution in [3.63, 3.8) is 0 Å². The van der Waals surface area contributed by atoms with Crippen LogP contribution in [0.15, 0.2) is 71.6 Å². The van der Waals surface area contributed by atoms with Crippen LogP contribution in [0.2, 0.25) is 5.02 Å². The molecule has 2 aromatic carbocycles. The van der Waals surface area contributed by atoms with Crippen LogP contribution in [0.5, 0.6) is 5.75 Å². The third kappa shape index (κ3) is 5.93. The molecule has 0 aliphatic carbocycles. The highest BCUT2D eigenvalue weighted by Gasteiger charge is 2.36. The number of benzene rings is 2. The minimum Gasteiger partial charge on any atom is -0.490 e. The number of hydrogen-bond donors (Lipinski definition) is 0. The van der Waals surface area contributed by atoms with Crippen LogP contribution in [0.25, 0.3) is 0 Å². The average Bonchev–Trinajstić information content (AvgIpc) is 3.35. The molecule has 1 fully saturated rings.